The summed E-state index contributed by atoms with van der Waals surface area (Å²) in [5, 5.41) is 14.0. The zero-order valence-electron chi connectivity index (χ0n) is 22.5. The Morgan fingerprint density at radius 1 is 0.816 bits per heavy atom. The molecule has 7 nitrogen and oxygen atoms in total. The minimum Gasteiger partial charge on any atom is -0.478 e. The highest BCUT2D eigenvalue weighted by atomic mass is 16.5. The molecular formula is C31H35N3O4. The smallest absolute Gasteiger partial charge is 0.347 e. The van der Waals surface area contributed by atoms with Crippen molar-refractivity contribution >= 4 is 5.97 Å². The third-order valence-corrected chi connectivity index (χ3v) is 6.59. The standard InChI is InChI=1S/C31H35N3O4/c1-22-8-12-25(13-9-22)20-33-28(32-34(30(33)37)21-26-14-10-23(2)11-15-26)7-5-6-24-16-18-27(19-17-24)38-31(3,4)29(35)36/h8-19H,5-7,20-21H2,1-4H3,(H,35,36). The first kappa shape index (κ1) is 26.9. The van der Waals surface area contributed by atoms with Gasteiger partial charge in [0, 0.05) is 6.42 Å². The summed E-state index contributed by atoms with van der Waals surface area (Å²) in [7, 11) is 0. The van der Waals surface area contributed by atoms with Crippen molar-refractivity contribution < 1.29 is 14.6 Å². The van der Waals surface area contributed by atoms with Crippen LogP contribution in [0.15, 0.2) is 77.6 Å². The van der Waals surface area contributed by atoms with Crippen LogP contribution in [-0.2, 0) is 30.7 Å². The quantitative estimate of drug-likeness (QED) is 0.299. The third kappa shape index (κ3) is 6.79. The molecule has 0 saturated heterocycles. The molecule has 7 heteroatoms. The number of nitrogens with zero attached hydrogens (tertiary/aromatic N) is 3. The summed E-state index contributed by atoms with van der Waals surface area (Å²) < 4.78 is 8.93. The highest BCUT2D eigenvalue weighted by Crippen LogP contribution is 2.20. The van der Waals surface area contributed by atoms with Crippen LogP contribution in [0.3, 0.4) is 0 Å². The number of benzene rings is 3. The van der Waals surface area contributed by atoms with Crippen LogP contribution in [0, 0.1) is 13.8 Å². The van der Waals surface area contributed by atoms with Crippen LogP contribution in [0.2, 0.25) is 0 Å². The number of hydrogen-bond donors (Lipinski definition) is 1. The van der Waals surface area contributed by atoms with Gasteiger partial charge in [-0.2, -0.15) is 5.10 Å². The second-order valence-electron chi connectivity index (χ2n) is 10.3. The van der Waals surface area contributed by atoms with Gasteiger partial charge in [0.25, 0.3) is 0 Å². The number of aromatic nitrogens is 3. The molecule has 4 rings (SSSR count). The number of carboxylic acids is 1. The summed E-state index contributed by atoms with van der Waals surface area (Å²) in [4.78, 5) is 24.7. The lowest BCUT2D eigenvalue weighted by Gasteiger charge is -2.21. The molecule has 0 aliphatic rings. The Morgan fingerprint density at radius 2 is 1.34 bits per heavy atom. The summed E-state index contributed by atoms with van der Waals surface area (Å²) in [6, 6.07) is 23.9. The number of rotatable bonds is 11. The van der Waals surface area contributed by atoms with Crippen molar-refractivity contribution in [2.24, 2.45) is 0 Å². The van der Waals surface area contributed by atoms with Crippen LogP contribution in [0.5, 0.6) is 5.75 Å². The average molecular weight is 514 g/mol. The van der Waals surface area contributed by atoms with Gasteiger partial charge in [0.1, 0.15) is 11.6 Å². The van der Waals surface area contributed by atoms with Gasteiger partial charge in [-0.15, -0.1) is 0 Å². The lowest BCUT2D eigenvalue weighted by Crippen LogP contribution is -2.37. The van der Waals surface area contributed by atoms with Gasteiger partial charge in [0.15, 0.2) is 5.60 Å². The number of ether oxygens (including phenoxy) is 1. The van der Waals surface area contributed by atoms with Gasteiger partial charge >= 0.3 is 11.7 Å². The van der Waals surface area contributed by atoms with Gasteiger partial charge in [-0.25, -0.2) is 14.3 Å². The van der Waals surface area contributed by atoms with Gasteiger partial charge in [-0.3, -0.25) is 4.57 Å². The van der Waals surface area contributed by atoms with Gasteiger partial charge in [-0.05, 0) is 69.4 Å². The van der Waals surface area contributed by atoms with Crippen molar-refractivity contribution in [2.75, 3.05) is 0 Å². The van der Waals surface area contributed by atoms with Crippen molar-refractivity contribution in [1.82, 2.24) is 14.3 Å². The number of aryl methyl sites for hydroxylation is 4. The van der Waals surface area contributed by atoms with E-state index in [1.165, 1.54) is 25.0 Å². The van der Waals surface area contributed by atoms with E-state index in [2.05, 4.69) is 24.3 Å². The van der Waals surface area contributed by atoms with Crippen LogP contribution >= 0.6 is 0 Å². The predicted molar refractivity (Wildman–Crippen MR) is 148 cm³/mol. The summed E-state index contributed by atoms with van der Waals surface area (Å²) in [5.41, 5.74) is 4.17. The Balaban J connectivity index is 1.48. The molecule has 0 aliphatic carbocycles. The molecule has 0 saturated carbocycles. The largest absolute Gasteiger partial charge is 0.478 e. The molecule has 0 bridgehead atoms. The molecule has 0 unspecified atom stereocenters. The number of hydrogen-bond acceptors (Lipinski definition) is 4. The summed E-state index contributed by atoms with van der Waals surface area (Å²) in [5.74, 6) is 0.272. The Bertz CT molecular complexity index is 1430. The van der Waals surface area contributed by atoms with E-state index < -0.39 is 11.6 Å². The fraction of sp³-hybridized carbons (Fsp3) is 0.323. The zero-order chi connectivity index (χ0) is 27.3. The molecule has 1 heterocycles. The van der Waals surface area contributed by atoms with Crippen LogP contribution < -0.4 is 10.4 Å². The van der Waals surface area contributed by atoms with Crippen molar-refractivity contribution in [2.45, 2.75) is 65.6 Å². The maximum absolute atomic E-state index is 13.4. The maximum Gasteiger partial charge on any atom is 0.347 e. The van der Waals surface area contributed by atoms with E-state index in [0.717, 1.165) is 35.4 Å². The molecule has 0 amide bonds. The number of aliphatic carboxylic acids is 1. The first-order valence-electron chi connectivity index (χ1n) is 12.9. The van der Waals surface area contributed by atoms with E-state index >= 15 is 0 Å². The second kappa shape index (κ2) is 11.5. The summed E-state index contributed by atoms with van der Waals surface area (Å²) >= 11 is 0. The molecule has 0 radical (unpaired) electrons. The minimum atomic E-state index is -1.29. The van der Waals surface area contributed by atoms with E-state index in [9.17, 15) is 14.7 Å². The van der Waals surface area contributed by atoms with Crippen molar-refractivity contribution in [3.63, 3.8) is 0 Å². The molecule has 0 atom stereocenters. The molecule has 3 aromatic carbocycles. The molecule has 1 N–H and O–H groups in total. The monoisotopic (exact) mass is 513 g/mol. The zero-order valence-corrected chi connectivity index (χ0v) is 22.5. The number of carbonyl (C=O) groups is 1. The maximum atomic E-state index is 13.4. The Morgan fingerprint density at radius 3 is 1.89 bits per heavy atom. The van der Waals surface area contributed by atoms with E-state index in [1.807, 2.05) is 50.2 Å². The molecule has 0 spiro atoms. The van der Waals surface area contributed by atoms with E-state index in [-0.39, 0.29) is 5.69 Å². The van der Waals surface area contributed by atoms with E-state index in [1.54, 1.807) is 21.4 Å². The number of carboxylic acid groups (broad SMARTS) is 1. The molecule has 198 valence electrons. The second-order valence-corrected chi connectivity index (χ2v) is 10.3. The highest BCUT2D eigenvalue weighted by Gasteiger charge is 2.29. The molecule has 4 aromatic rings. The fourth-order valence-corrected chi connectivity index (χ4v) is 4.19. The van der Waals surface area contributed by atoms with E-state index in [4.69, 9.17) is 9.84 Å². The normalized spacial score (nSPS) is 11.5. The highest BCUT2D eigenvalue weighted by molar-refractivity contribution is 5.76. The van der Waals surface area contributed by atoms with Gasteiger partial charge in [0.05, 0.1) is 13.1 Å². The average Bonchev–Trinajstić information content (AvgIpc) is 3.16. The third-order valence-electron chi connectivity index (χ3n) is 6.59. The molecule has 38 heavy (non-hydrogen) atoms. The van der Waals surface area contributed by atoms with Gasteiger partial charge in [0.2, 0.25) is 0 Å². The molecule has 0 fully saturated rings. The fourth-order valence-electron chi connectivity index (χ4n) is 4.19. The Hall–Kier alpha value is -4.13. The lowest BCUT2D eigenvalue weighted by atomic mass is 10.1. The van der Waals surface area contributed by atoms with Crippen LogP contribution in [-0.4, -0.2) is 31.0 Å². The molecular weight excluding hydrogens is 478 g/mol. The van der Waals surface area contributed by atoms with Gasteiger partial charge < -0.3 is 9.84 Å². The Kier molecular flexibility index (Phi) is 8.15. The summed E-state index contributed by atoms with van der Waals surface area (Å²) in [6.45, 7) is 8.05. The predicted octanol–water partition coefficient (Wildman–Crippen LogP) is 5.18. The molecule has 1 aromatic heterocycles. The SMILES string of the molecule is Cc1ccc(Cn2nc(CCCc3ccc(OC(C)(C)C(=O)O)cc3)n(Cc3ccc(C)cc3)c2=O)cc1. The lowest BCUT2D eigenvalue weighted by molar-refractivity contribution is -0.152. The topological polar surface area (TPSA) is 86.3 Å². The summed E-state index contributed by atoms with van der Waals surface area (Å²) in [6.07, 6.45) is 2.27. The molecule has 0 aliphatic heterocycles. The minimum absolute atomic E-state index is 0.108. The Labute approximate surface area is 223 Å². The van der Waals surface area contributed by atoms with E-state index in [0.29, 0.717) is 25.3 Å². The van der Waals surface area contributed by atoms with Gasteiger partial charge in [-0.1, -0.05) is 71.8 Å². The van der Waals surface area contributed by atoms with Crippen LogP contribution in [0.1, 0.15) is 53.9 Å². The van der Waals surface area contributed by atoms with Crippen molar-refractivity contribution in [1.29, 1.82) is 0 Å². The van der Waals surface area contributed by atoms with Crippen LogP contribution in [0.4, 0.5) is 0 Å². The first-order chi connectivity index (χ1) is 18.1. The first-order valence-corrected chi connectivity index (χ1v) is 12.9. The van der Waals surface area contributed by atoms with Crippen molar-refractivity contribution in [3.05, 3.63) is 117 Å². The van der Waals surface area contributed by atoms with Crippen molar-refractivity contribution in [3.8, 4) is 5.75 Å². The van der Waals surface area contributed by atoms with Crippen LogP contribution in [0.25, 0.3) is 0 Å².